The van der Waals surface area contributed by atoms with E-state index in [1.807, 2.05) is 20.8 Å². The first-order chi connectivity index (χ1) is 15.7. The van der Waals surface area contributed by atoms with Crippen LogP contribution in [0.1, 0.15) is 32.8 Å². The Labute approximate surface area is 198 Å². The minimum atomic E-state index is -1.42. The molecule has 1 aromatic heterocycles. The molecule has 2 aliphatic rings. The van der Waals surface area contributed by atoms with Crippen molar-refractivity contribution in [2.75, 3.05) is 29.7 Å². The second-order valence-corrected chi connectivity index (χ2v) is 10.5. The molecule has 0 spiro atoms. The van der Waals surface area contributed by atoms with E-state index in [-0.39, 0.29) is 23.5 Å². The van der Waals surface area contributed by atoms with Crippen molar-refractivity contribution in [3.8, 4) is 0 Å². The zero-order valence-electron chi connectivity index (χ0n) is 18.6. The summed E-state index contributed by atoms with van der Waals surface area (Å²) < 4.78 is 56.3. The molecule has 8 nitrogen and oxygen atoms in total. The van der Waals surface area contributed by atoms with E-state index < -0.39 is 28.6 Å². The average Bonchev–Trinajstić information content (AvgIpc) is 3.07. The lowest BCUT2D eigenvalue weighted by Gasteiger charge is -2.28. The van der Waals surface area contributed by atoms with Crippen LogP contribution in [0.4, 0.5) is 20.4 Å². The Morgan fingerprint density at radius 2 is 2.06 bits per heavy atom. The molecular weight excluding hydrogens is 472 g/mol. The second-order valence-electron chi connectivity index (χ2n) is 8.36. The van der Waals surface area contributed by atoms with Crippen molar-refractivity contribution >= 4 is 34.6 Å². The van der Waals surface area contributed by atoms with Crippen LogP contribution in [0.25, 0.3) is 0 Å². The van der Waals surface area contributed by atoms with Gasteiger partial charge in [0, 0.05) is 30.5 Å². The molecule has 2 N–H and O–H groups in total. The maximum Gasteiger partial charge on any atom is 0.197 e. The molecule has 3 atom stereocenters. The summed E-state index contributed by atoms with van der Waals surface area (Å²) in [5.41, 5.74) is 0.215. The number of anilines is 2. The molecule has 0 saturated carbocycles. The van der Waals surface area contributed by atoms with Gasteiger partial charge in [-0.1, -0.05) is 23.9 Å². The Morgan fingerprint density at radius 1 is 1.30 bits per heavy atom. The van der Waals surface area contributed by atoms with Gasteiger partial charge in [-0.05, 0) is 33.3 Å². The average molecular weight is 500 g/mol. The third kappa shape index (κ3) is 6.18. The number of nitrogens with zero attached hydrogens (tertiary/aromatic N) is 3. The minimum Gasteiger partial charge on any atom is -0.365 e. The van der Waals surface area contributed by atoms with E-state index in [2.05, 4.69) is 20.0 Å². The van der Waals surface area contributed by atoms with E-state index in [9.17, 15) is 13.0 Å². The molecule has 1 unspecified atom stereocenters. The van der Waals surface area contributed by atoms with Crippen LogP contribution >= 0.6 is 11.8 Å². The van der Waals surface area contributed by atoms with E-state index in [0.717, 1.165) is 37.3 Å². The van der Waals surface area contributed by atoms with Gasteiger partial charge in [-0.3, -0.25) is 4.72 Å². The quantitative estimate of drug-likeness (QED) is 0.402. The largest absolute Gasteiger partial charge is 0.365 e. The van der Waals surface area contributed by atoms with Crippen LogP contribution in [0, 0.1) is 11.6 Å². The first-order valence-corrected chi connectivity index (χ1v) is 12.8. The number of nitrogens with one attached hydrogen (secondary N) is 2. The Bertz CT molecular complexity index is 1030. The predicted octanol–water partition coefficient (Wildman–Crippen LogP) is 3.70. The number of hydrogen-bond acceptors (Lipinski definition) is 7. The Hall–Kier alpha value is -1.86. The van der Waals surface area contributed by atoms with Crippen molar-refractivity contribution in [3.63, 3.8) is 0 Å². The van der Waals surface area contributed by atoms with Crippen LogP contribution in [-0.4, -0.2) is 56.1 Å². The summed E-state index contributed by atoms with van der Waals surface area (Å²) in [5.74, 6) is -1.42. The highest BCUT2D eigenvalue weighted by Crippen LogP contribution is 2.28. The van der Waals surface area contributed by atoms with Crippen molar-refractivity contribution < 1.29 is 22.5 Å². The normalized spacial score (nSPS) is 21.9. The molecule has 1 aromatic carbocycles. The SMILES string of the molecule is C[C@@H](Nc1cc(NS(=O)N2CCC2)nc(SCc2cccc(F)c2F)n1)[C@H]1COC(C)(C)O1. The van der Waals surface area contributed by atoms with Gasteiger partial charge in [-0.15, -0.1) is 0 Å². The molecule has 3 heterocycles. The first kappa shape index (κ1) is 24.3. The van der Waals surface area contributed by atoms with Gasteiger partial charge in [0.2, 0.25) is 0 Å². The van der Waals surface area contributed by atoms with E-state index in [0.29, 0.717) is 23.4 Å². The summed E-state index contributed by atoms with van der Waals surface area (Å²) in [5, 5.41) is 3.63. The van der Waals surface area contributed by atoms with E-state index in [1.165, 1.54) is 12.1 Å². The maximum absolute atomic E-state index is 14.1. The number of benzene rings is 1. The van der Waals surface area contributed by atoms with Gasteiger partial charge in [0.25, 0.3) is 0 Å². The van der Waals surface area contributed by atoms with Gasteiger partial charge < -0.3 is 14.8 Å². The summed E-state index contributed by atoms with van der Waals surface area (Å²) in [6.45, 7) is 7.62. The predicted molar refractivity (Wildman–Crippen MR) is 124 cm³/mol. The van der Waals surface area contributed by atoms with Crippen LogP contribution in [0.3, 0.4) is 0 Å². The molecule has 2 aliphatic heterocycles. The lowest BCUT2D eigenvalue weighted by atomic mass is 10.2. The number of hydrogen-bond donors (Lipinski definition) is 2. The number of ether oxygens (including phenoxy) is 2. The third-order valence-electron chi connectivity index (χ3n) is 5.30. The van der Waals surface area contributed by atoms with Crippen molar-refractivity contribution in [2.45, 2.75) is 56.0 Å². The maximum atomic E-state index is 14.1. The molecular formula is C21H27F2N5O3S2. The Kier molecular flexibility index (Phi) is 7.49. The van der Waals surface area contributed by atoms with Crippen molar-refractivity contribution in [1.29, 1.82) is 0 Å². The lowest BCUT2D eigenvalue weighted by molar-refractivity contribution is -0.139. The Balaban J connectivity index is 1.51. The number of halogens is 2. The minimum absolute atomic E-state index is 0.131. The standard InChI is InChI=1S/C21H27F2N5O3S2/c1-13(16-11-30-21(2,3)31-16)24-17-10-18(27-33(29)28-8-5-9-28)26-20(25-17)32-12-14-6-4-7-15(22)19(14)23/h4,6-7,10,13,16H,5,8-9,11-12H2,1-3H3,(H2,24,25,26,27)/t13-,16-,33?/m1/s1. The molecule has 0 radical (unpaired) electrons. The third-order valence-corrected chi connectivity index (χ3v) is 7.41. The second kappa shape index (κ2) is 10.2. The van der Waals surface area contributed by atoms with Crippen LogP contribution in [0.5, 0.6) is 0 Å². The molecule has 0 bridgehead atoms. The van der Waals surface area contributed by atoms with Gasteiger partial charge in [0.1, 0.15) is 17.7 Å². The fraction of sp³-hybridized carbons (Fsp3) is 0.524. The highest BCUT2D eigenvalue weighted by atomic mass is 32.2. The molecule has 2 aromatic rings. The first-order valence-electron chi connectivity index (χ1n) is 10.7. The van der Waals surface area contributed by atoms with Gasteiger partial charge in [-0.2, -0.15) is 0 Å². The van der Waals surface area contributed by atoms with Crippen molar-refractivity contribution in [2.24, 2.45) is 0 Å². The van der Waals surface area contributed by atoms with Crippen LogP contribution in [-0.2, 0) is 26.4 Å². The van der Waals surface area contributed by atoms with Crippen molar-refractivity contribution in [3.05, 3.63) is 41.5 Å². The fourth-order valence-electron chi connectivity index (χ4n) is 3.31. The number of rotatable bonds is 9. The molecule has 33 heavy (non-hydrogen) atoms. The van der Waals surface area contributed by atoms with Gasteiger partial charge in [0.05, 0.1) is 12.6 Å². The lowest BCUT2D eigenvalue weighted by Crippen LogP contribution is -2.41. The molecule has 0 aliphatic carbocycles. The topological polar surface area (TPSA) is 88.6 Å². The molecule has 12 heteroatoms. The van der Waals surface area contributed by atoms with Crippen LogP contribution < -0.4 is 10.0 Å². The van der Waals surface area contributed by atoms with Gasteiger partial charge in [-0.25, -0.2) is 27.3 Å². The zero-order valence-corrected chi connectivity index (χ0v) is 20.3. The van der Waals surface area contributed by atoms with Crippen LogP contribution in [0.2, 0.25) is 0 Å². The highest BCUT2D eigenvalue weighted by molar-refractivity contribution is 7.98. The molecule has 2 saturated heterocycles. The molecule has 0 amide bonds. The highest BCUT2D eigenvalue weighted by Gasteiger charge is 2.36. The van der Waals surface area contributed by atoms with E-state index in [4.69, 9.17) is 9.47 Å². The molecule has 180 valence electrons. The smallest absolute Gasteiger partial charge is 0.197 e. The summed E-state index contributed by atoms with van der Waals surface area (Å²) >= 11 is -0.254. The van der Waals surface area contributed by atoms with Gasteiger partial charge >= 0.3 is 0 Å². The Morgan fingerprint density at radius 3 is 2.73 bits per heavy atom. The zero-order chi connectivity index (χ0) is 23.6. The summed E-state index contributed by atoms with van der Waals surface area (Å²) in [7, 11) is 0. The summed E-state index contributed by atoms with van der Waals surface area (Å²) in [4.78, 5) is 8.93. The van der Waals surface area contributed by atoms with E-state index in [1.54, 1.807) is 10.4 Å². The summed E-state index contributed by atoms with van der Waals surface area (Å²) in [6, 6.07) is 5.60. The fourth-order valence-corrected chi connectivity index (χ4v) is 5.15. The van der Waals surface area contributed by atoms with Crippen molar-refractivity contribution in [1.82, 2.24) is 14.3 Å². The summed E-state index contributed by atoms with van der Waals surface area (Å²) in [6.07, 6.45) is 0.820. The number of aromatic nitrogens is 2. The number of thioether (sulfide) groups is 1. The van der Waals surface area contributed by atoms with E-state index >= 15 is 0 Å². The monoisotopic (exact) mass is 499 g/mol. The molecule has 2 fully saturated rings. The molecule has 4 rings (SSSR count). The van der Waals surface area contributed by atoms with Crippen LogP contribution in [0.15, 0.2) is 29.4 Å². The van der Waals surface area contributed by atoms with Gasteiger partial charge in [0.15, 0.2) is 33.7 Å².